The molecule has 5 heteroatoms. The molecule has 2 saturated heterocycles. The van der Waals surface area contributed by atoms with E-state index >= 15 is 0 Å². The lowest BCUT2D eigenvalue weighted by molar-refractivity contribution is 0.0600. The highest BCUT2D eigenvalue weighted by molar-refractivity contribution is 5.98. The number of amides is 1. The molecule has 0 saturated carbocycles. The van der Waals surface area contributed by atoms with Crippen LogP contribution >= 0.6 is 0 Å². The summed E-state index contributed by atoms with van der Waals surface area (Å²) in [4.78, 5) is 27.1. The second kappa shape index (κ2) is 6.92. The van der Waals surface area contributed by atoms with Gasteiger partial charge in [0.05, 0.1) is 18.7 Å². The quantitative estimate of drug-likeness (QED) is 0.864. The van der Waals surface area contributed by atoms with Crippen molar-refractivity contribution in [2.24, 2.45) is 11.8 Å². The average Bonchev–Trinajstić information content (AvgIpc) is 3.28. The van der Waals surface area contributed by atoms with Gasteiger partial charge in [0.25, 0.3) is 5.91 Å². The molecule has 26 heavy (non-hydrogen) atoms. The molecule has 2 aromatic rings. The largest absolute Gasteiger partial charge is 0.465 e. The molecule has 4 rings (SSSR count). The molecule has 2 aromatic carbocycles. The maximum absolute atomic E-state index is 13.3. The van der Waals surface area contributed by atoms with Gasteiger partial charge < -0.3 is 15.0 Å². The van der Waals surface area contributed by atoms with Crippen molar-refractivity contribution in [3.8, 4) is 0 Å². The van der Waals surface area contributed by atoms with Crippen LogP contribution in [0.5, 0.6) is 0 Å². The van der Waals surface area contributed by atoms with Crippen LogP contribution in [-0.4, -0.2) is 43.5 Å². The monoisotopic (exact) mass is 350 g/mol. The van der Waals surface area contributed by atoms with E-state index in [2.05, 4.69) is 17.4 Å². The fraction of sp³-hybridized carbons (Fsp3) is 0.333. The normalized spacial score (nSPS) is 24.3. The third-order valence-electron chi connectivity index (χ3n) is 5.50. The van der Waals surface area contributed by atoms with Crippen molar-refractivity contribution >= 4 is 11.9 Å². The van der Waals surface area contributed by atoms with Gasteiger partial charge in [-0.15, -0.1) is 0 Å². The summed E-state index contributed by atoms with van der Waals surface area (Å²) in [6, 6.07) is 17.1. The summed E-state index contributed by atoms with van der Waals surface area (Å²) in [6.45, 7) is 2.61. The number of fused-ring (bicyclic) bond motifs is 1. The Morgan fingerprint density at radius 2 is 1.81 bits per heavy atom. The van der Waals surface area contributed by atoms with Crippen LogP contribution in [-0.2, 0) is 4.74 Å². The minimum atomic E-state index is -0.429. The molecule has 0 spiro atoms. The summed E-state index contributed by atoms with van der Waals surface area (Å²) in [5.41, 5.74) is 2.10. The smallest absolute Gasteiger partial charge is 0.337 e. The van der Waals surface area contributed by atoms with E-state index in [1.807, 2.05) is 23.1 Å². The van der Waals surface area contributed by atoms with Crippen molar-refractivity contribution in [2.45, 2.75) is 6.04 Å². The number of nitrogens with zero attached hydrogens (tertiary/aromatic N) is 1. The minimum Gasteiger partial charge on any atom is -0.465 e. The SMILES string of the molecule is COC(=O)c1cccc(C(=O)N2C[C@@H]3CNC[C@@H]3[C@H]2c2ccccc2)c1. The molecule has 2 aliphatic rings. The van der Waals surface area contributed by atoms with E-state index in [0.717, 1.165) is 19.6 Å². The van der Waals surface area contributed by atoms with Crippen LogP contribution in [0.25, 0.3) is 0 Å². The summed E-state index contributed by atoms with van der Waals surface area (Å²) >= 11 is 0. The number of ether oxygens (including phenoxy) is 1. The molecular formula is C21H22N2O3. The number of carbonyl (C=O) groups excluding carboxylic acids is 2. The Morgan fingerprint density at radius 3 is 2.58 bits per heavy atom. The predicted octanol–water partition coefficient (Wildman–Crippen LogP) is 2.51. The van der Waals surface area contributed by atoms with Gasteiger partial charge in [-0.2, -0.15) is 0 Å². The molecule has 0 aliphatic carbocycles. The van der Waals surface area contributed by atoms with Crippen LogP contribution < -0.4 is 5.32 Å². The number of hydrogen-bond donors (Lipinski definition) is 1. The summed E-state index contributed by atoms with van der Waals surface area (Å²) < 4.78 is 4.78. The lowest BCUT2D eigenvalue weighted by Gasteiger charge is -2.28. The Balaban J connectivity index is 1.67. The highest BCUT2D eigenvalue weighted by atomic mass is 16.5. The summed E-state index contributed by atoms with van der Waals surface area (Å²) in [5.74, 6) is 0.429. The van der Waals surface area contributed by atoms with Crippen molar-refractivity contribution in [2.75, 3.05) is 26.7 Å². The fourth-order valence-electron chi connectivity index (χ4n) is 4.27. The van der Waals surface area contributed by atoms with Crippen LogP contribution in [0.15, 0.2) is 54.6 Å². The molecule has 1 N–H and O–H groups in total. The zero-order valence-corrected chi connectivity index (χ0v) is 14.7. The molecule has 3 atom stereocenters. The lowest BCUT2D eigenvalue weighted by Crippen LogP contribution is -2.34. The minimum absolute atomic E-state index is 0.0287. The van der Waals surface area contributed by atoms with Gasteiger partial charge in [0.15, 0.2) is 0 Å². The molecule has 0 aromatic heterocycles. The third-order valence-corrected chi connectivity index (χ3v) is 5.50. The molecule has 2 heterocycles. The van der Waals surface area contributed by atoms with E-state index in [1.165, 1.54) is 12.7 Å². The molecule has 2 fully saturated rings. The van der Waals surface area contributed by atoms with Gasteiger partial charge in [-0.05, 0) is 29.7 Å². The van der Waals surface area contributed by atoms with E-state index in [4.69, 9.17) is 4.74 Å². The molecule has 134 valence electrons. The van der Waals surface area contributed by atoms with Gasteiger partial charge in [-0.25, -0.2) is 4.79 Å². The van der Waals surface area contributed by atoms with Crippen molar-refractivity contribution in [1.29, 1.82) is 0 Å². The Hall–Kier alpha value is -2.66. The van der Waals surface area contributed by atoms with E-state index in [-0.39, 0.29) is 11.9 Å². The number of rotatable bonds is 3. The zero-order valence-electron chi connectivity index (χ0n) is 14.7. The van der Waals surface area contributed by atoms with Gasteiger partial charge in [-0.1, -0.05) is 36.4 Å². The molecule has 2 aliphatic heterocycles. The fourth-order valence-corrected chi connectivity index (χ4v) is 4.27. The first-order valence-electron chi connectivity index (χ1n) is 8.94. The number of methoxy groups -OCH3 is 1. The predicted molar refractivity (Wildman–Crippen MR) is 97.9 cm³/mol. The van der Waals surface area contributed by atoms with Crippen LogP contribution in [0.4, 0.5) is 0 Å². The Labute approximate surface area is 153 Å². The standard InChI is InChI=1S/C21H22N2O3/c1-26-21(25)16-9-5-8-15(10-16)20(24)23-13-17-11-22-12-18(17)19(23)14-6-3-2-4-7-14/h2-10,17-19,22H,11-13H2,1H3/t17-,18-,19+/m0/s1. The van der Waals surface area contributed by atoms with Gasteiger partial charge >= 0.3 is 5.97 Å². The summed E-state index contributed by atoms with van der Waals surface area (Å²) in [6.07, 6.45) is 0. The second-order valence-electron chi connectivity index (χ2n) is 6.97. The summed E-state index contributed by atoms with van der Waals surface area (Å²) in [5, 5.41) is 3.46. The third kappa shape index (κ3) is 2.88. The first kappa shape index (κ1) is 16.8. The van der Waals surface area contributed by atoms with E-state index in [1.54, 1.807) is 24.3 Å². The van der Waals surface area contributed by atoms with Crippen molar-refractivity contribution in [3.05, 3.63) is 71.3 Å². The van der Waals surface area contributed by atoms with E-state index in [0.29, 0.717) is 23.0 Å². The van der Waals surface area contributed by atoms with Crippen LogP contribution in [0, 0.1) is 11.8 Å². The zero-order chi connectivity index (χ0) is 18.1. The molecule has 5 nitrogen and oxygen atoms in total. The van der Waals surface area contributed by atoms with Gasteiger partial charge in [-0.3, -0.25) is 4.79 Å². The second-order valence-corrected chi connectivity index (χ2v) is 6.97. The number of benzene rings is 2. The first-order chi connectivity index (χ1) is 12.7. The maximum Gasteiger partial charge on any atom is 0.337 e. The molecule has 0 unspecified atom stereocenters. The van der Waals surface area contributed by atoms with E-state index < -0.39 is 5.97 Å². The average molecular weight is 350 g/mol. The Kier molecular flexibility index (Phi) is 4.47. The number of hydrogen-bond acceptors (Lipinski definition) is 4. The number of carbonyl (C=O) groups is 2. The lowest BCUT2D eigenvalue weighted by atomic mass is 9.89. The molecule has 0 radical (unpaired) electrons. The number of likely N-dealkylation sites (tertiary alicyclic amines) is 1. The topological polar surface area (TPSA) is 58.6 Å². The van der Waals surface area contributed by atoms with Crippen LogP contribution in [0.3, 0.4) is 0 Å². The van der Waals surface area contributed by atoms with Gasteiger partial charge in [0.2, 0.25) is 0 Å². The van der Waals surface area contributed by atoms with Gasteiger partial charge in [0, 0.05) is 31.1 Å². The van der Waals surface area contributed by atoms with Crippen molar-refractivity contribution in [1.82, 2.24) is 10.2 Å². The van der Waals surface area contributed by atoms with Crippen molar-refractivity contribution in [3.63, 3.8) is 0 Å². The van der Waals surface area contributed by atoms with Crippen molar-refractivity contribution < 1.29 is 14.3 Å². The van der Waals surface area contributed by atoms with E-state index in [9.17, 15) is 9.59 Å². The van der Waals surface area contributed by atoms with Gasteiger partial charge in [0.1, 0.15) is 0 Å². The number of esters is 1. The maximum atomic E-state index is 13.3. The Bertz CT molecular complexity index is 821. The number of nitrogens with one attached hydrogen (secondary N) is 1. The highest BCUT2D eigenvalue weighted by Crippen LogP contribution is 2.43. The highest BCUT2D eigenvalue weighted by Gasteiger charge is 2.46. The first-order valence-corrected chi connectivity index (χ1v) is 8.94. The molecular weight excluding hydrogens is 328 g/mol. The van der Waals surface area contributed by atoms with Crippen LogP contribution in [0.2, 0.25) is 0 Å². The Morgan fingerprint density at radius 1 is 1.04 bits per heavy atom. The van der Waals surface area contributed by atoms with Crippen LogP contribution in [0.1, 0.15) is 32.3 Å². The summed E-state index contributed by atoms with van der Waals surface area (Å²) in [7, 11) is 1.34. The molecule has 1 amide bonds. The molecule has 0 bridgehead atoms.